The van der Waals surface area contributed by atoms with E-state index in [4.69, 9.17) is 14.7 Å². The normalized spacial score (nSPS) is 23.4. The van der Waals surface area contributed by atoms with Crippen molar-refractivity contribution in [2.75, 3.05) is 49.6 Å². The standard InChI is InChI=1S/C23H31N9O2/c1-14-11-30(8-7-24-14)19-6-5-17(9-25-19)20-21-18(28-29-20)10-26-22(27-21)32-15(2)12-31(13-16(32)3)23(33)34-4/h5-6,9-10,14-16,24H,7-8,11-13H2,1-4H3,(H,28,29)/t14-,15-,16+/m1/s1. The topological polar surface area (TPSA) is 115 Å². The summed E-state index contributed by atoms with van der Waals surface area (Å²) in [5.74, 6) is 1.59. The second-order valence-corrected chi connectivity index (χ2v) is 9.19. The van der Waals surface area contributed by atoms with E-state index in [1.807, 2.05) is 18.3 Å². The van der Waals surface area contributed by atoms with Crippen LogP contribution in [0, 0.1) is 0 Å². The molecule has 0 spiro atoms. The van der Waals surface area contributed by atoms with Gasteiger partial charge in [0.05, 0.1) is 13.3 Å². The number of hydrogen-bond donors (Lipinski definition) is 2. The third-order valence-electron chi connectivity index (χ3n) is 6.59. The fraction of sp³-hybridized carbons (Fsp3) is 0.522. The van der Waals surface area contributed by atoms with Gasteiger partial charge in [0.15, 0.2) is 0 Å². The maximum atomic E-state index is 12.0. The van der Waals surface area contributed by atoms with Gasteiger partial charge in [-0.3, -0.25) is 5.10 Å². The van der Waals surface area contributed by atoms with E-state index in [1.54, 1.807) is 11.1 Å². The number of nitrogens with zero attached hydrogens (tertiary/aromatic N) is 7. The largest absolute Gasteiger partial charge is 0.453 e. The van der Waals surface area contributed by atoms with E-state index in [0.717, 1.165) is 47.7 Å². The second kappa shape index (κ2) is 9.05. The van der Waals surface area contributed by atoms with Crippen molar-refractivity contribution >= 4 is 28.9 Å². The number of anilines is 2. The molecule has 3 aromatic rings. The minimum Gasteiger partial charge on any atom is -0.453 e. The highest BCUT2D eigenvalue weighted by Crippen LogP contribution is 2.29. The van der Waals surface area contributed by atoms with Crippen molar-refractivity contribution in [3.8, 4) is 11.3 Å². The molecule has 0 bridgehead atoms. The molecule has 5 heterocycles. The smallest absolute Gasteiger partial charge is 0.409 e. The lowest BCUT2D eigenvalue weighted by molar-refractivity contribution is 0.109. The number of piperazine rings is 2. The molecule has 11 heteroatoms. The number of hydrogen-bond acceptors (Lipinski definition) is 9. The predicted molar refractivity (Wildman–Crippen MR) is 130 cm³/mol. The highest BCUT2D eigenvalue weighted by molar-refractivity contribution is 5.89. The first-order chi connectivity index (χ1) is 16.4. The molecule has 0 saturated carbocycles. The molecule has 2 saturated heterocycles. The highest BCUT2D eigenvalue weighted by atomic mass is 16.5. The Morgan fingerprint density at radius 3 is 2.56 bits per heavy atom. The summed E-state index contributed by atoms with van der Waals surface area (Å²) < 4.78 is 4.90. The van der Waals surface area contributed by atoms with E-state index in [9.17, 15) is 4.79 Å². The van der Waals surface area contributed by atoms with Crippen LogP contribution >= 0.6 is 0 Å². The van der Waals surface area contributed by atoms with Gasteiger partial charge in [-0.2, -0.15) is 5.10 Å². The third kappa shape index (κ3) is 4.11. The summed E-state index contributed by atoms with van der Waals surface area (Å²) in [6.07, 6.45) is 3.32. The molecule has 0 radical (unpaired) electrons. The van der Waals surface area contributed by atoms with Gasteiger partial charge in [-0.1, -0.05) is 0 Å². The van der Waals surface area contributed by atoms with Crippen molar-refractivity contribution in [2.45, 2.75) is 38.9 Å². The average Bonchev–Trinajstić information content (AvgIpc) is 3.26. The molecular weight excluding hydrogens is 434 g/mol. The Labute approximate surface area is 198 Å². The van der Waals surface area contributed by atoms with Crippen LogP contribution in [-0.2, 0) is 4.74 Å². The maximum Gasteiger partial charge on any atom is 0.409 e. The molecule has 0 aliphatic carbocycles. The van der Waals surface area contributed by atoms with Gasteiger partial charge in [0.25, 0.3) is 0 Å². The summed E-state index contributed by atoms with van der Waals surface area (Å²) >= 11 is 0. The van der Waals surface area contributed by atoms with Crippen molar-refractivity contribution < 1.29 is 9.53 Å². The summed E-state index contributed by atoms with van der Waals surface area (Å²) in [6.45, 7) is 10.2. The average molecular weight is 466 g/mol. The van der Waals surface area contributed by atoms with Crippen molar-refractivity contribution in [2.24, 2.45) is 0 Å². The SMILES string of the molecule is COC(=O)N1C[C@@H](C)N(c2ncc3[nH]nc(-c4ccc(N5CCN[C@H](C)C5)nc4)c3n2)[C@@H](C)C1. The molecule has 5 rings (SSSR count). The Morgan fingerprint density at radius 2 is 1.88 bits per heavy atom. The van der Waals surface area contributed by atoms with Crippen LogP contribution in [0.1, 0.15) is 20.8 Å². The van der Waals surface area contributed by atoms with Gasteiger partial charge in [-0.25, -0.2) is 19.7 Å². The number of ether oxygens (including phenoxy) is 1. The lowest BCUT2D eigenvalue weighted by atomic mass is 10.1. The molecule has 2 N–H and O–H groups in total. The van der Waals surface area contributed by atoms with Crippen LogP contribution in [0.5, 0.6) is 0 Å². The number of carbonyl (C=O) groups is 1. The Hall–Kier alpha value is -3.47. The fourth-order valence-electron chi connectivity index (χ4n) is 4.98. The summed E-state index contributed by atoms with van der Waals surface area (Å²) in [6, 6.07) is 4.62. The third-order valence-corrected chi connectivity index (χ3v) is 6.59. The molecule has 2 aliphatic heterocycles. The number of H-pyrrole nitrogens is 1. The number of pyridine rings is 1. The monoisotopic (exact) mass is 465 g/mol. The van der Waals surface area contributed by atoms with Crippen LogP contribution in [0.15, 0.2) is 24.5 Å². The number of aromatic nitrogens is 5. The zero-order valence-corrected chi connectivity index (χ0v) is 20.0. The Balaban J connectivity index is 1.41. The number of carbonyl (C=O) groups excluding carboxylic acids is 1. The van der Waals surface area contributed by atoms with E-state index < -0.39 is 0 Å². The van der Waals surface area contributed by atoms with Crippen LogP contribution in [0.3, 0.4) is 0 Å². The first-order valence-electron chi connectivity index (χ1n) is 11.7. The van der Waals surface area contributed by atoms with Crippen LogP contribution < -0.4 is 15.1 Å². The van der Waals surface area contributed by atoms with Gasteiger partial charge in [-0.05, 0) is 32.9 Å². The molecule has 0 aromatic carbocycles. The molecule has 3 aromatic heterocycles. The van der Waals surface area contributed by atoms with E-state index in [0.29, 0.717) is 25.1 Å². The van der Waals surface area contributed by atoms with Crippen LogP contribution in [-0.4, -0.2) is 94.1 Å². The predicted octanol–water partition coefficient (Wildman–Crippen LogP) is 1.88. The Bertz CT molecular complexity index is 1150. The lowest BCUT2D eigenvalue weighted by Crippen LogP contribution is -2.58. The van der Waals surface area contributed by atoms with E-state index in [2.05, 4.69) is 51.1 Å². The second-order valence-electron chi connectivity index (χ2n) is 9.19. The Morgan fingerprint density at radius 1 is 1.09 bits per heavy atom. The number of fused-ring (bicyclic) bond motifs is 1. The first kappa shape index (κ1) is 22.3. The zero-order valence-electron chi connectivity index (χ0n) is 20.0. The van der Waals surface area contributed by atoms with Gasteiger partial charge in [0.2, 0.25) is 5.95 Å². The number of rotatable bonds is 3. The van der Waals surface area contributed by atoms with Gasteiger partial charge < -0.3 is 24.8 Å². The molecule has 34 heavy (non-hydrogen) atoms. The lowest BCUT2D eigenvalue weighted by Gasteiger charge is -2.43. The number of methoxy groups -OCH3 is 1. The first-order valence-corrected chi connectivity index (χ1v) is 11.7. The van der Waals surface area contributed by atoms with E-state index in [-0.39, 0.29) is 18.2 Å². The number of amides is 1. The zero-order chi connectivity index (χ0) is 23.8. The van der Waals surface area contributed by atoms with Crippen LogP contribution in [0.2, 0.25) is 0 Å². The minimum atomic E-state index is -0.307. The van der Waals surface area contributed by atoms with E-state index >= 15 is 0 Å². The summed E-state index contributed by atoms with van der Waals surface area (Å²) in [5, 5.41) is 11.0. The summed E-state index contributed by atoms with van der Waals surface area (Å²) in [7, 11) is 1.41. The fourth-order valence-corrected chi connectivity index (χ4v) is 4.98. The molecule has 0 unspecified atom stereocenters. The number of nitrogens with one attached hydrogen (secondary N) is 2. The molecule has 2 aliphatic rings. The van der Waals surface area contributed by atoms with Crippen molar-refractivity contribution in [1.29, 1.82) is 0 Å². The molecular formula is C23H31N9O2. The highest BCUT2D eigenvalue weighted by Gasteiger charge is 2.34. The molecule has 1 amide bonds. The van der Waals surface area contributed by atoms with Gasteiger partial charge >= 0.3 is 6.09 Å². The van der Waals surface area contributed by atoms with Crippen molar-refractivity contribution in [1.82, 2.24) is 35.4 Å². The maximum absolute atomic E-state index is 12.0. The minimum absolute atomic E-state index is 0.0398. The van der Waals surface area contributed by atoms with Gasteiger partial charge in [-0.15, -0.1) is 0 Å². The van der Waals surface area contributed by atoms with E-state index in [1.165, 1.54) is 7.11 Å². The quantitative estimate of drug-likeness (QED) is 0.598. The summed E-state index contributed by atoms with van der Waals surface area (Å²) in [5.41, 5.74) is 3.18. The summed E-state index contributed by atoms with van der Waals surface area (Å²) in [4.78, 5) is 32.4. The number of aromatic amines is 1. The molecule has 180 valence electrons. The Kier molecular flexibility index (Phi) is 5.94. The van der Waals surface area contributed by atoms with Gasteiger partial charge in [0.1, 0.15) is 22.5 Å². The molecule has 3 atom stereocenters. The van der Waals surface area contributed by atoms with Crippen LogP contribution in [0.4, 0.5) is 16.6 Å². The van der Waals surface area contributed by atoms with Gasteiger partial charge in [0, 0.05) is 62.6 Å². The molecule has 2 fully saturated rings. The van der Waals surface area contributed by atoms with Crippen molar-refractivity contribution in [3.05, 3.63) is 24.5 Å². The molecule has 11 nitrogen and oxygen atoms in total. The van der Waals surface area contributed by atoms with Crippen molar-refractivity contribution in [3.63, 3.8) is 0 Å². The van der Waals surface area contributed by atoms with Crippen LogP contribution in [0.25, 0.3) is 22.3 Å².